The van der Waals surface area contributed by atoms with Crippen molar-refractivity contribution >= 4 is 34.6 Å². The Labute approximate surface area is 185 Å². The van der Waals surface area contributed by atoms with Crippen LogP contribution in [0.5, 0.6) is 11.5 Å². The van der Waals surface area contributed by atoms with Gasteiger partial charge in [0.05, 0.1) is 10.7 Å². The smallest absolute Gasteiger partial charge is 0.348 e. The lowest BCUT2D eigenvalue weighted by atomic mass is 10.1. The first-order chi connectivity index (χ1) is 15.1. The molecule has 0 aliphatic carbocycles. The molecule has 0 bridgehead atoms. The van der Waals surface area contributed by atoms with Gasteiger partial charge in [0.15, 0.2) is 11.5 Å². The number of halogens is 1. The molecule has 7 nitrogen and oxygen atoms in total. The summed E-state index contributed by atoms with van der Waals surface area (Å²) in [6, 6.07) is 13.9. The minimum Gasteiger partial charge on any atom is -0.486 e. The van der Waals surface area contributed by atoms with Crippen molar-refractivity contribution in [2.75, 3.05) is 13.2 Å². The van der Waals surface area contributed by atoms with E-state index in [9.17, 15) is 9.59 Å². The van der Waals surface area contributed by atoms with E-state index in [1.54, 1.807) is 18.2 Å². The first kappa shape index (κ1) is 19.6. The highest BCUT2D eigenvalue weighted by Crippen LogP contribution is 2.37. The summed E-state index contributed by atoms with van der Waals surface area (Å²) < 4.78 is 17.9. The fraction of sp³-hybridized carbons (Fsp3) is 0.136. The average molecular weight is 455 g/mol. The number of esters is 1. The number of aromatic nitrogens is 2. The van der Waals surface area contributed by atoms with E-state index < -0.39 is 5.97 Å². The Morgan fingerprint density at radius 3 is 2.81 bits per heavy atom. The van der Waals surface area contributed by atoms with Crippen LogP contribution in [0.2, 0.25) is 5.02 Å². The molecule has 0 saturated heterocycles. The molecule has 0 radical (unpaired) electrons. The van der Waals surface area contributed by atoms with Crippen molar-refractivity contribution in [1.82, 2.24) is 9.38 Å². The number of fused-ring (bicyclic) bond motifs is 2. The third-order valence-electron chi connectivity index (χ3n) is 4.66. The van der Waals surface area contributed by atoms with Crippen LogP contribution in [-0.2, 0) is 11.3 Å². The molecule has 0 atom stereocenters. The van der Waals surface area contributed by atoms with E-state index in [1.165, 1.54) is 28.0 Å². The molecule has 156 valence electrons. The van der Waals surface area contributed by atoms with Crippen molar-refractivity contribution in [3.05, 3.63) is 80.7 Å². The highest BCUT2D eigenvalue weighted by molar-refractivity contribution is 7.17. The number of rotatable bonds is 4. The Bertz CT molecular complexity index is 1360. The van der Waals surface area contributed by atoms with Crippen LogP contribution in [-0.4, -0.2) is 28.6 Å². The standard InChI is InChI=1S/C22H15ClN2O5S/c23-14-2-6-20-24-15(10-21(26)25(20)11-14)12-30-22(27)19-5-4-18(31-19)13-1-3-16-17(9-13)29-8-7-28-16/h1-6,9-11H,7-8,12H2. The minimum absolute atomic E-state index is 0.107. The Morgan fingerprint density at radius 1 is 1.10 bits per heavy atom. The van der Waals surface area contributed by atoms with Gasteiger partial charge >= 0.3 is 5.97 Å². The number of thiophene rings is 1. The molecule has 0 saturated carbocycles. The third-order valence-corrected chi connectivity index (χ3v) is 6.00. The van der Waals surface area contributed by atoms with Crippen LogP contribution in [0.3, 0.4) is 0 Å². The molecule has 0 N–H and O–H groups in total. The zero-order valence-electron chi connectivity index (χ0n) is 16.0. The topological polar surface area (TPSA) is 79.1 Å². The summed E-state index contributed by atoms with van der Waals surface area (Å²) in [6.45, 7) is 0.941. The molecular formula is C22H15ClN2O5S. The van der Waals surface area contributed by atoms with Crippen LogP contribution in [0.25, 0.3) is 16.1 Å². The van der Waals surface area contributed by atoms with Gasteiger partial charge in [-0.15, -0.1) is 11.3 Å². The van der Waals surface area contributed by atoms with Crippen molar-refractivity contribution in [2.45, 2.75) is 6.61 Å². The molecule has 0 amide bonds. The maximum atomic E-state index is 12.5. The van der Waals surface area contributed by atoms with E-state index in [1.807, 2.05) is 24.3 Å². The van der Waals surface area contributed by atoms with Gasteiger partial charge in [0.1, 0.15) is 30.3 Å². The maximum Gasteiger partial charge on any atom is 0.348 e. The van der Waals surface area contributed by atoms with Crippen molar-refractivity contribution in [3.63, 3.8) is 0 Å². The molecule has 31 heavy (non-hydrogen) atoms. The van der Waals surface area contributed by atoms with Gasteiger partial charge in [-0.05, 0) is 48.0 Å². The molecule has 3 aromatic heterocycles. The molecule has 0 spiro atoms. The number of hydrogen-bond donors (Lipinski definition) is 0. The van der Waals surface area contributed by atoms with Gasteiger partial charge in [-0.25, -0.2) is 9.78 Å². The molecule has 5 rings (SSSR count). The van der Waals surface area contributed by atoms with Gasteiger partial charge in [0.25, 0.3) is 5.56 Å². The average Bonchev–Trinajstić information content (AvgIpc) is 3.28. The molecule has 0 unspecified atom stereocenters. The van der Waals surface area contributed by atoms with Gasteiger partial charge in [0, 0.05) is 17.1 Å². The number of benzene rings is 1. The van der Waals surface area contributed by atoms with Gasteiger partial charge in [-0.3, -0.25) is 9.20 Å². The fourth-order valence-electron chi connectivity index (χ4n) is 3.21. The number of hydrogen-bond acceptors (Lipinski definition) is 7. The van der Waals surface area contributed by atoms with E-state index >= 15 is 0 Å². The van der Waals surface area contributed by atoms with Crippen molar-refractivity contribution in [1.29, 1.82) is 0 Å². The lowest BCUT2D eigenvalue weighted by Crippen LogP contribution is -2.16. The Kier molecular flexibility index (Phi) is 5.09. The summed E-state index contributed by atoms with van der Waals surface area (Å²) in [5.74, 6) is 0.926. The predicted molar refractivity (Wildman–Crippen MR) is 116 cm³/mol. The SMILES string of the molecule is O=C(OCc1cc(=O)n2cc(Cl)ccc2n1)c1ccc(-c2ccc3c(c2)OCCO3)s1. The maximum absolute atomic E-state index is 12.5. The monoisotopic (exact) mass is 454 g/mol. The molecule has 4 aromatic rings. The van der Waals surface area contributed by atoms with Crippen LogP contribution >= 0.6 is 22.9 Å². The molecule has 1 aliphatic rings. The highest BCUT2D eigenvalue weighted by Gasteiger charge is 2.16. The Morgan fingerprint density at radius 2 is 1.94 bits per heavy atom. The second-order valence-corrected chi connectivity index (χ2v) is 8.28. The van der Waals surface area contributed by atoms with Gasteiger partial charge in [-0.2, -0.15) is 0 Å². The number of ether oxygens (including phenoxy) is 3. The van der Waals surface area contributed by atoms with Gasteiger partial charge in [0.2, 0.25) is 0 Å². The van der Waals surface area contributed by atoms with E-state index in [-0.39, 0.29) is 12.2 Å². The number of nitrogens with zero attached hydrogens (tertiary/aromatic N) is 2. The molecular weight excluding hydrogens is 440 g/mol. The fourth-order valence-corrected chi connectivity index (χ4v) is 4.27. The summed E-state index contributed by atoms with van der Waals surface area (Å²) >= 11 is 7.23. The lowest BCUT2D eigenvalue weighted by molar-refractivity contribution is 0.0473. The second-order valence-electron chi connectivity index (χ2n) is 6.76. The first-order valence-electron chi connectivity index (χ1n) is 9.42. The van der Waals surface area contributed by atoms with E-state index in [0.717, 1.165) is 10.4 Å². The van der Waals surface area contributed by atoms with E-state index in [2.05, 4.69) is 4.98 Å². The van der Waals surface area contributed by atoms with Gasteiger partial charge in [-0.1, -0.05) is 11.6 Å². The van der Waals surface area contributed by atoms with Crippen LogP contribution in [0.15, 0.2) is 59.5 Å². The van der Waals surface area contributed by atoms with Crippen LogP contribution in [0.4, 0.5) is 0 Å². The quantitative estimate of drug-likeness (QED) is 0.430. The molecule has 1 aliphatic heterocycles. The van der Waals surface area contributed by atoms with E-state index in [0.29, 0.717) is 46.0 Å². The number of carbonyl (C=O) groups is 1. The Balaban J connectivity index is 1.31. The summed E-state index contributed by atoms with van der Waals surface area (Å²) in [7, 11) is 0. The van der Waals surface area contributed by atoms with Crippen LogP contribution in [0.1, 0.15) is 15.4 Å². The van der Waals surface area contributed by atoms with Crippen LogP contribution in [0, 0.1) is 0 Å². The summed E-state index contributed by atoms with van der Waals surface area (Å²) in [5.41, 5.74) is 1.43. The summed E-state index contributed by atoms with van der Waals surface area (Å²) in [6.07, 6.45) is 1.49. The third kappa shape index (κ3) is 3.99. The summed E-state index contributed by atoms with van der Waals surface area (Å²) in [4.78, 5) is 30.4. The number of carbonyl (C=O) groups excluding carboxylic acids is 1. The minimum atomic E-state index is -0.480. The molecule has 1 aromatic carbocycles. The largest absolute Gasteiger partial charge is 0.486 e. The molecule has 9 heteroatoms. The zero-order chi connectivity index (χ0) is 21.4. The lowest BCUT2D eigenvalue weighted by Gasteiger charge is -2.18. The van der Waals surface area contributed by atoms with Gasteiger partial charge < -0.3 is 14.2 Å². The molecule has 0 fully saturated rings. The predicted octanol–water partition coefficient (Wildman–Crippen LogP) is 4.20. The number of pyridine rings is 1. The first-order valence-corrected chi connectivity index (χ1v) is 10.6. The van der Waals surface area contributed by atoms with Crippen LogP contribution < -0.4 is 15.0 Å². The highest BCUT2D eigenvalue weighted by atomic mass is 35.5. The van der Waals surface area contributed by atoms with E-state index in [4.69, 9.17) is 25.8 Å². The zero-order valence-corrected chi connectivity index (χ0v) is 17.6. The second kappa shape index (κ2) is 8.05. The summed E-state index contributed by atoms with van der Waals surface area (Å²) in [5, 5.41) is 0.432. The Hall–Kier alpha value is -3.36. The molecule has 4 heterocycles. The van der Waals surface area contributed by atoms with Crippen molar-refractivity contribution in [3.8, 4) is 21.9 Å². The van der Waals surface area contributed by atoms with Crippen molar-refractivity contribution < 1.29 is 19.0 Å². The normalized spacial score (nSPS) is 12.7. The van der Waals surface area contributed by atoms with Crippen molar-refractivity contribution in [2.24, 2.45) is 0 Å².